The number of benzene rings is 1. The van der Waals surface area contributed by atoms with Crippen molar-refractivity contribution < 1.29 is 9.90 Å². The van der Waals surface area contributed by atoms with Gasteiger partial charge in [0, 0.05) is 23.3 Å². The highest BCUT2D eigenvalue weighted by atomic mass is 35.5. The summed E-state index contributed by atoms with van der Waals surface area (Å²) in [6.07, 6.45) is 3.23. The van der Waals surface area contributed by atoms with E-state index in [4.69, 9.17) is 11.6 Å². The fourth-order valence-electron chi connectivity index (χ4n) is 2.58. The summed E-state index contributed by atoms with van der Waals surface area (Å²) in [7, 11) is 0. The molecule has 3 rings (SSSR count). The summed E-state index contributed by atoms with van der Waals surface area (Å²) in [5.74, 6) is -0.400. The Morgan fingerprint density at radius 1 is 1.37 bits per heavy atom. The third kappa shape index (κ3) is 2.12. The van der Waals surface area contributed by atoms with Crippen LogP contribution in [-0.4, -0.2) is 20.6 Å². The lowest BCUT2D eigenvalue weighted by molar-refractivity contribution is -0.139. The molecule has 1 unspecified atom stereocenters. The Labute approximate surface area is 115 Å². The topological polar surface area (TPSA) is 55.1 Å². The second-order valence-corrected chi connectivity index (χ2v) is 5.13. The smallest absolute Gasteiger partial charge is 0.312 e. The quantitative estimate of drug-likeness (QED) is 0.917. The molecule has 19 heavy (non-hydrogen) atoms. The molecule has 5 heteroatoms. The van der Waals surface area contributed by atoms with Crippen LogP contribution in [0.1, 0.15) is 24.5 Å². The van der Waals surface area contributed by atoms with Crippen LogP contribution in [-0.2, 0) is 11.3 Å². The number of carboxylic acid groups (broad SMARTS) is 1. The zero-order chi connectivity index (χ0) is 13.4. The third-order valence-corrected chi connectivity index (χ3v) is 3.77. The van der Waals surface area contributed by atoms with Crippen LogP contribution < -0.4 is 0 Å². The van der Waals surface area contributed by atoms with Gasteiger partial charge in [0.25, 0.3) is 0 Å². The van der Waals surface area contributed by atoms with Crippen LogP contribution in [0.4, 0.5) is 0 Å². The molecule has 1 N–H and O–H groups in total. The largest absolute Gasteiger partial charge is 0.481 e. The van der Waals surface area contributed by atoms with E-state index in [0.717, 1.165) is 30.0 Å². The molecule has 0 radical (unpaired) electrons. The summed E-state index contributed by atoms with van der Waals surface area (Å²) in [5.41, 5.74) is 1.75. The fourth-order valence-corrected chi connectivity index (χ4v) is 2.71. The molecular weight excluding hydrogens is 264 g/mol. The van der Waals surface area contributed by atoms with E-state index in [0.29, 0.717) is 11.4 Å². The number of carboxylic acids is 1. The van der Waals surface area contributed by atoms with Gasteiger partial charge in [0.15, 0.2) is 0 Å². The molecule has 0 fully saturated rings. The number of hydrogen-bond acceptors (Lipinski definition) is 2. The lowest BCUT2D eigenvalue weighted by atomic mass is 9.96. The molecule has 0 spiro atoms. The maximum absolute atomic E-state index is 11.2. The molecule has 1 atom stereocenters. The van der Waals surface area contributed by atoms with Crippen molar-refractivity contribution in [2.24, 2.45) is 0 Å². The minimum Gasteiger partial charge on any atom is -0.481 e. The van der Waals surface area contributed by atoms with Crippen molar-refractivity contribution in [1.29, 1.82) is 0 Å². The number of aromatic nitrogens is 2. The Kier molecular flexibility index (Phi) is 3.03. The standard InChI is InChI=1S/C14H13ClN2O2/c15-10-5-3-9(4-6-10)13-16-8-12-11(14(18)19)2-1-7-17(12)13/h3-6,8,11H,1-2,7H2,(H,18,19). The van der Waals surface area contributed by atoms with Gasteiger partial charge in [0.1, 0.15) is 5.82 Å². The molecule has 4 nitrogen and oxygen atoms in total. The average Bonchev–Trinajstić information content (AvgIpc) is 2.83. The molecule has 2 aromatic rings. The van der Waals surface area contributed by atoms with Gasteiger partial charge in [0.2, 0.25) is 0 Å². The third-order valence-electron chi connectivity index (χ3n) is 3.52. The predicted molar refractivity (Wildman–Crippen MR) is 72.3 cm³/mol. The molecule has 1 aromatic carbocycles. The SMILES string of the molecule is O=C(O)C1CCCn2c1cnc2-c1ccc(Cl)cc1. The zero-order valence-corrected chi connectivity index (χ0v) is 11.0. The minimum absolute atomic E-state index is 0.442. The van der Waals surface area contributed by atoms with E-state index >= 15 is 0 Å². The molecule has 1 aliphatic rings. The van der Waals surface area contributed by atoms with E-state index in [-0.39, 0.29) is 0 Å². The first-order valence-corrected chi connectivity index (χ1v) is 6.59. The second-order valence-electron chi connectivity index (χ2n) is 4.70. The number of carbonyl (C=O) groups is 1. The van der Waals surface area contributed by atoms with E-state index in [1.807, 2.05) is 28.8 Å². The maximum atomic E-state index is 11.2. The number of hydrogen-bond donors (Lipinski definition) is 1. The summed E-state index contributed by atoms with van der Waals surface area (Å²) in [4.78, 5) is 15.6. The van der Waals surface area contributed by atoms with Crippen LogP contribution in [0.3, 0.4) is 0 Å². The summed E-state index contributed by atoms with van der Waals surface area (Å²) < 4.78 is 2.01. The molecule has 1 aromatic heterocycles. The Morgan fingerprint density at radius 2 is 2.11 bits per heavy atom. The molecule has 0 bridgehead atoms. The highest BCUT2D eigenvalue weighted by Gasteiger charge is 2.28. The summed E-state index contributed by atoms with van der Waals surface area (Å²) in [6.45, 7) is 0.817. The summed E-state index contributed by atoms with van der Waals surface area (Å²) >= 11 is 5.88. The van der Waals surface area contributed by atoms with Crippen LogP contribution in [0.5, 0.6) is 0 Å². The molecule has 98 valence electrons. The Hall–Kier alpha value is -1.81. The van der Waals surface area contributed by atoms with Crippen molar-refractivity contribution in [3.8, 4) is 11.4 Å². The van der Waals surface area contributed by atoms with Gasteiger partial charge >= 0.3 is 5.97 Å². The number of imidazole rings is 1. The predicted octanol–water partition coefficient (Wildman–Crippen LogP) is 3.17. The van der Waals surface area contributed by atoms with Gasteiger partial charge < -0.3 is 9.67 Å². The van der Waals surface area contributed by atoms with Gasteiger partial charge in [-0.25, -0.2) is 4.98 Å². The molecule has 0 saturated heterocycles. The van der Waals surface area contributed by atoms with Crippen LogP contribution in [0, 0.1) is 0 Å². The molecule has 0 saturated carbocycles. The van der Waals surface area contributed by atoms with Gasteiger partial charge in [-0.3, -0.25) is 4.79 Å². The van der Waals surface area contributed by atoms with Crippen LogP contribution in [0.2, 0.25) is 5.02 Å². The lowest BCUT2D eigenvalue weighted by Crippen LogP contribution is -2.21. The zero-order valence-electron chi connectivity index (χ0n) is 10.2. The molecule has 2 heterocycles. The van der Waals surface area contributed by atoms with Crippen molar-refractivity contribution in [1.82, 2.24) is 9.55 Å². The van der Waals surface area contributed by atoms with Crippen LogP contribution in [0.25, 0.3) is 11.4 Å². The van der Waals surface area contributed by atoms with Gasteiger partial charge in [-0.2, -0.15) is 0 Å². The molecule has 0 aliphatic carbocycles. The van der Waals surface area contributed by atoms with E-state index in [2.05, 4.69) is 4.98 Å². The summed E-state index contributed by atoms with van der Waals surface area (Å²) in [5, 5.41) is 9.92. The van der Waals surface area contributed by atoms with Crippen molar-refractivity contribution in [2.75, 3.05) is 0 Å². The summed E-state index contributed by atoms with van der Waals surface area (Å²) in [6, 6.07) is 7.44. The fraction of sp³-hybridized carbons (Fsp3) is 0.286. The van der Waals surface area contributed by atoms with E-state index in [1.165, 1.54) is 0 Å². The lowest BCUT2D eigenvalue weighted by Gasteiger charge is -2.22. The van der Waals surface area contributed by atoms with Gasteiger partial charge in [-0.1, -0.05) is 11.6 Å². The van der Waals surface area contributed by atoms with Crippen LogP contribution in [0.15, 0.2) is 30.5 Å². The highest BCUT2D eigenvalue weighted by Crippen LogP contribution is 2.32. The number of fused-ring (bicyclic) bond motifs is 1. The number of nitrogens with zero attached hydrogens (tertiary/aromatic N) is 2. The monoisotopic (exact) mass is 276 g/mol. The van der Waals surface area contributed by atoms with Gasteiger partial charge in [-0.15, -0.1) is 0 Å². The number of halogens is 1. The number of aliphatic carboxylic acids is 1. The molecular formula is C14H13ClN2O2. The van der Waals surface area contributed by atoms with Gasteiger partial charge in [0.05, 0.1) is 11.6 Å². The first-order valence-electron chi connectivity index (χ1n) is 6.21. The molecule has 1 aliphatic heterocycles. The Balaban J connectivity index is 2.05. The van der Waals surface area contributed by atoms with E-state index < -0.39 is 11.9 Å². The average molecular weight is 277 g/mol. The van der Waals surface area contributed by atoms with Crippen molar-refractivity contribution in [2.45, 2.75) is 25.3 Å². The van der Waals surface area contributed by atoms with E-state index in [9.17, 15) is 9.90 Å². The first kappa shape index (κ1) is 12.2. The maximum Gasteiger partial charge on any atom is 0.312 e. The van der Waals surface area contributed by atoms with Crippen molar-refractivity contribution >= 4 is 17.6 Å². The number of rotatable bonds is 2. The molecule has 0 amide bonds. The highest BCUT2D eigenvalue weighted by molar-refractivity contribution is 6.30. The van der Waals surface area contributed by atoms with Gasteiger partial charge in [-0.05, 0) is 37.1 Å². The van der Waals surface area contributed by atoms with E-state index in [1.54, 1.807) is 6.20 Å². The first-order chi connectivity index (χ1) is 9.16. The second kappa shape index (κ2) is 4.70. The minimum atomic E-state index is -0.775. The van der Waals surface area contributed by atoms with Crippen molar-refractivity contribution in [3.63, 3.8) is 0 Å². The Bertz CT molecular complexity index is 619. The normalized spacial score (nSPS) is 18.1. The van der Waals surface area contributed by atoms with Crippen LogP contribution >= 0.6 is 11.6 Å². The Morgan fingerprint density at radius 3 is 2.79 bits per heavy atom. The van der Waals surface area contributed by atoms with Crippen molar-refractivity contribution in [3.05, 3.63) is 41.2 Å².